The van der Waals surface area contributed by atoms with Crippen LogP contribution in [0.15, 0.2) is 85.1 Å². The maximum atomic E-state index is 4.22. The summed E-state index contributed by atoms with van der Waals surface area (Å²) in [6, 6.07) is 29.4. The number of aryl methyl sites for hydroxylation is 2. The van der Waals surface area contributed by atoms with Gasteiger partial charge in [0, 0.05) is 0 Å². The standard InChI is InChI=1S/C28H23N/c1-19-8-7-9-20(2)27(19)23-13-14-24-22(18-23)12-15-26-25(24)16-17-29(3)28(26)21-10-5-4-6-11-21/h4-18H,3H2,1-2H3. The third-order valence-electron chi connectivity index (χ3n) is 5.84. The summed E-state index contributed by atoms with van der Waals surface area (Å²) in [5, 5.41) is 2.54. The summed E-state index contributed by atoms with van der Waals surface area (Å²) < 4.78 is 1.97. The van der Waals surface area contributed by atoms with E-state index in [1.807, 2.05) is 10.6 Å². The highest BCUT2D eigenvalue weighted by Gasteiger charge is 2.24. The van der Waals surface area contributed by atoms with Crippen LogP contribution >= 0.6 is 0 Å². The topological polar surface area (TPSA) is 3.01 Å². The van der Waals surface area contributed by atoms with Gasteiger partial charge in [0.2, 0.25) is 0 Å². The Kier molecular flexibility index (Phi) is 4.10. The Bertz CT molecular complexity index is 1260. The average molecular weight is 373 g/mol. The van der Waals surface area contributed by atoms with Gasteiger partial charge in [0.05, 0.1) is 6.72 Å². The molecule has 0 aromatic heterocycles. The van der Waals surface area contributed by atoms with Gasteiger partial charge in [0.15, 0.2) is 6.04 Å². The van der Waals surface area contributed by atoms with E-state index in [1.165, 1.54) is 49.7 Å². The SMILES string of the molecule is C=[N+]1C=Cc2c(ccc3cc(-c4c(C)cccc4C)ccc23)[C-]1c1ccccc1. The van der Waals surface area contributed by atoms with Crippen molar-refractivity contribution >= 4 is 23.6 Å². The highest BCUT2D eigenvalue weighted by atomic mass is 15.0. The maximum absolute atomic E-state index is 4.22. The molecule has 0 saturated heterocycles. The first kappa shape index (κ1) is 17.5. The van der Waals surface area contributed by atoms with E-state index in [9.17, 15) is 0 Å². The van der Waals surface area contributed by atoms with E-state index in [2.05, 4.69) is 106 Å². The third-order valence-corrected chi connectivity index (χ3v) is 5.84. The van der Waals surface area contributed by atoms with Gasteiger partial charge >= 0.3 is 0 Å². The smallest absolute Gasteiger partial charge is 0.159 e. The zero-order chi connectivity index (χ0) is 20.0. The summed E-state index contributed by atoms with van der Waals surface area (Å²) in [4.78, 5) is 0. The molecule has 0 radical (unpaired) electrons. The van der Waals surface area contributed by atoms with Gasteiger partial charge in [-0.3, -0.25) is 0 Å². The minimum absolute atomic E-state index is 1.14. The molecule has 0 aliphatic carbocycles. The summed E-state index contributed by atoms with van der Waals surface area (Å²) >= 11 is 0. The van der Waals surface area contributed by atoms with Gasteiger partial charge in [-0.2, -0.15) is 0 Å². The van der Waals surface area contributed by atoms with Crippen molar-refractivity contribution in [2.24, 2.45) is 0 Å². The summed E-state index contributed by atoms with van der Waals surface area (Å²) in [6.45, 7) is 8.59. The lowest BCUT2D eigenvalue weighted by Crippen LogP contribution is -2.19. The van der Waals surface area contributed by atoms with Crippen LogP contribution < -0.4 is 0 Å². The van der Waals surface area contributed by atoms with Crippen LogP contribution in [-0.4, -0.2) is 11.3 Å². The van der Waals surface area contributed by atoms with E-state index in [0.717, 1.165) is 6.04 Å². The second-order valence-electron chi connectivity index (χ2n) is 7.73. The molecule has 0 amide bonds. The molecule has 1 aliphatic rings. The molecule has 4 aromatic carbocycles. The van der Waals surface area contributed by atoms with Crippen LogP contribution in [0.2, 0.25) is 0 Å². The molecule has 5 rings (SSSR count). The zero-order valence-corrected chi connectivity index (χ0v) is 16.8. The Labute approximate surface area is 172 Å². The van der Waals surface area contributed by atoms with E-state index in [4.69, 9.17) is 0 Å². The predicted octanol–water partition coefficient (Wildman–Crippen LogP) is 6.75. The maximum Gasteiger partial charge on any atom is 0.159 e. The Balaban J connectivity index is 1.69. The molecule has 0 unspecified atom stereocenters. The molecule has 1 aliphatic heterocycles. The molecule has 140 valence electrons. The second kappa shape index (κ2) is 6.79. The number of nitrogens with zero attached hydrogens (tertiary/aromatic N) is 1. The van der Waals surface area contributed by atoms with Crippen molar-refractivity contribution in [3.8, 4) is 11.1 Å². The first-order valence-corrected chi connectivity index (χ1v) is 9.97. The third kappa shape index (κ3) is 2.87. The Morgan fingerprint density at radius 2 is 1.55 bits per heavy atom. The van der Waals surface area contributed by atoms with Gasteiger partial charge in [-0.1, -0.05) is 72.8 Å². The van der Waals surface area contributed by atoms with Crippen molar-refractivity contribution in [1.82, 2.24) is 0 Å². The molecule has 1 heterocycles. The van der Waals surface area contributed by atoms with Crippen molar-refractivity contribution in [3.05, 3.63) is 119 Å². The van der Waals surface area contributed by atoms with Gasteiger partial charge < -0.3 is 0 Å². The molecular weight excluding hydrogens is 350 g/mol. The van der Waals surface area contributed by atoms with Crippen LogP contribution in [-0.2, 0) is 0 Å². The molecule has 29 heavy (non-hydrogen) atoms. The fourth-order valence-corrected chi connectivity index (χ4v) is 4.48. The zero-order valence-electron chi connectivity index (χ0n) is 16.8. The van der Waals surface area contributed by atoms with E-state index in [-0.39, 0.29) is 0 Å². The van der Waals surface area contributed by atoms with Gasteiger partial charge in [0.1, 0.15) is 6.20 Å². The number of fused-ring (bicyclic) bond motifs is 3. The van der Waals surface area contributed by atoms with E-state index in [0.29, 0.717) is 0 Å². The molecule has 4 aromatic rings. The van der Waals surface area contributed by atoms with E-state index >= 15 is 0 Å². The van der Waals surface area contributed by atoms with Crippen LogP contribution in [0.5, 0.6) is 0 Å². The predicted molar refractivity (Wildman–Crippen MR) is 123 cm³/mol. The van der Waals surface area contributed by atoms with Gasteiger partial charge in [0.25, 0.3) is 0 Å². The lowest BCUT2D eigenvalue weighted by molar-refractivity contribution is -0.418. The molecule has 1 heteroatoms. The molecule has 0 saturated carbocycles. The van der Waals surface area contributed by atoms with Crippen LogP contribution in [0.1, 0.15) is 27.8 Å². The summed E-state index contributed by atoms with van der Waals surface area (Å²) in [5.41, 5.74) is 8.90. The monoisotopic (exact) mass is 373 g/mol. The average Bonchev–Trinajstić information content (AvgIpc) is 2.73. The normalized spacial score (nSPS) is 13.0. The summed E-state index contributed by atoms with van der Waals surface area (Å²) in [5.74, 6) is 0. The molecule has 0 spiro atoms. The Morgan fingerprint density at radius 3 is 2.31 bits per heavy atom. The number of hydrogen-bond donors (Lipinski definition) is 0. The lowest BCUT2D eigenvalue weighted by Gasteiger charge is -2.25. The van der Waals surface area contributed by atoms with Crippen LogP contribution in [0.3, 0.4) is 0 Å². The summed E-state index contributed by atoms with van der Waals surface area (Å²) in [6.07, 6.45) is 4.24. The molecule has 0 atom stereocenters. The molecule has 1 nitrogen and oxygen atoms in total. The first-order valence-electron chi connectivity index (χ1n) is 9.97. The van der Waals surface area contributed by atoms with Crippen molar-refractivity contribution < 1.29 is 4.58 Å². The van der Waals surface area contributed by atoms with E-state index in [1.54, 1.807) is 0 Å². The highest BCUT2D eigenvalue weighted by Crippen LogP contribution is 2.37. The van der Waals surface area contributed by atoms with E-state index < -0.39 is 0 Å². The lowest BCUT2D eigenvalue weighted by atomic mass is 9.87. The van der Waals surface area contributed by atoms with Crippen LogP contribution in [0.25, 0.3) is 28.0 Å². The van der Waals surface area contributed by atoms with Crippen LogP contribution in [0, 0.1) is 19.9 Å². The first-order chi connectivity index (χ1) is 14.1. The molecule has 0 bridgehead atoms. The minimum atomic E-state index is 1.14. The van der Waals surface area contributed by atoms with Crippen LogP contribution in [0.4, 0.5) is 0 Å². The van der Waals surface area contributed by atoms with Gasteiger partial charge in [-0.15, -0.1) is 0 Å². The van der Waals surface area contributed by atoms with Gasteiger partial charge in [-0.25, -0.2) is 4.58 Å². The number of rotatable bonds is 2. The van der Waals surface area contributed by atoms with Gasteiger partial charge in [-0.05, 0) is 75.7 Å². The molecule has 0 fully saturated rings. The van der Waals surface area contributed by atoms with Crippen molar-refractivity contribution in [1.29, 1.82) is 0 Å². The summed E-state index contributed by atoms with van der Waals surface area (Å²) in [7, 11) is 0. The fourth-order valence-electron chi connectivity index (χ4n) is 4.48. The van der Waals surface area contributed by atoms with Crippen molar-refractivity contribution in [3.63, 3.8) is 0 Å². The minimum Gasteiger partial charge on any atom is -0.243 e. The number of hydrogen-bond acceptors (Lipinski definition) is 0. The van der Waals surface area contributed by atoms with Crippen molar-refractivity contribution in [2.45, 2.75) is 13.8 Å². The quantitative estimate of drug-likeness (QED) is 0.270. The van der Waals surface area contributed by atoms with Crippen molar-refractivity contribution in [2.75, 3.05) is 0 Å². The largest absolute Gasteiger partial charge is 0.243 e. The highest BCUT2D eigenvalue weighted by molar-refractivity contribution is 5.96. The number of benzene rings is 4. The second-order valence-corrected chi connectivity index (χ2v) is 7.73. The fraction of sp³-hybridized carbons (Fsp3) is 0.0714. The Hall–Kier alpha value is -3.58. The molecule has 0 N–H and O–H groups in total. The Morgan fingerprint density at radius 1 is 0.793 bits per heavy atom. The molecular formula is C28H23N.